The molecule has 100 valence electrons. The second kappa shape index (κ2) is 6.58. The van der Waals surface area contributed by atoms with Crippen LogP contribution < -0.4 is 0 Å². The van der Waals surface area contributed by atoms with Crippen molar-refractivity contribution in [3.63, 3.8) is 0 Å². The molecule has 18 heavy (non-hydrogen) atoms. The molecule has 0 saturated heterocycles. The Labute approximate surface area is 128 Å². The monoisotopic (exact) mass is 378 g/mol. The number of benzene rings is 1. The summed E-state index contributed by atoms with van der Waals surface area (Å²) in [6.45, 7) is 3.04. The van der Waals surface area contributed by atoms with Gasteiger partial charge in [0.25, 0.3) is 0 Å². The molecular formula is C15H20ClIO. The quantitative estimate of drug-likeness (QED) is 0.514. The van der Waals surface area contributed by atoms with Gasteiger partial charge in [0.15, 0.2) is 0 Å². The van der Waals surface area contributed by atoms with Crippen LogP contribution in [0.15, 0.2) is 24.3 Å². The van der Waals surface area contributed by atoms with E-state index in [0.717, 1.165) is 15.4 Å². The van der Waals surface area contributed by atoms with Crippen LogP contribution in [0.5, 0.6) is 0 Å². The maximum atomic E-state index is 6.27. The van der Waals surface area contributed by atoms with Crippen LogP contribution in [0, 0.1) is 5.92 Å². The molecule has 2 atom stereocenters. The summed E-state index contributed by atoms with van der Waals surface area (Å²) in [7, 11) is 0. The number of halogens is 2. The van der Waals surface area contributed by atoms with Gasteiger partial charge in [-0.05, 0) is 36.5 Å². The second-order valence-electron chi connectivity index (χ2n) is 5.43. The van der Waals surface area contributed by atoms with E-state index >= 15 is 0 Å². The van der Waals surface area contributed by atoms with Gasteiger partial charge in [-0.3, -0.25) is 0 Å². The molecule has 2 rings (SSSR count). The molecule has 1 aromatic carbocycles. The molecule has 1 aliphatic carbocycles. The summed E-state index contributed by atoms with van der Waals surface area (Å²) in [6.07, 6.45) is 5.05. The minimum atomic E-state index is 0.0951. The first-order valence-electron chi connectivity index (χ1n) is 6.58. The molecule has 0 amide bonds. The normalized spacial score (nSPS) is 28.3. The number of hydrogen-bond donors (Lipinski definition) is 0. The average Bonchev–Trinajstić information content (AvgIpc) is 2.38. The standard InChI is InChI=1S/C15H20ClIO/c1-12-3-2-8-15(9-12,11-17)18-10-13-4-6-14(16)7-5-13/h4-7,12H,2-3,8-11H2,1H3. The van der Waals surface area contributed by atoms with Gasteiger partial charge in [0.2, 0.25) is 0 Å². The molecule has 0 radical (unpaired) electrons. The Morgan fingerprint density at radius 3 is 2.72 bits per heavy atom. The third-order valence-electron chi connectivity index (χ3n) is 3.75. The highest BCUT2D eigenvalue weighted by atomic mass is 127. The molecule has 0 spiro atoms. The Balaban J connectivity index is 1.96. The minimum Gasteiger partial charge on any atom is -0.370 e. The van der Waals surface area contributed by atoms with Gasteiger partial charge >= 0.3 is 0 Å². The van der Waals surface area contributed by atoms with E-state index in [4.69, 9.17) is 16.3 Å². The maximum absolute atomic E-state index is 6.27. The zero-order valence-corrected chi connectivity index (χ0v) is 13.7. The van der Waals surface area contributed by atoms with Crippen LogP contribution in [0.3, 0.4) is 0 Å². The van der Waals surface area contributed by atoms with Crippen LogP contribution in [0.2, 0.25) is 5.02 Å². The van der Waals surface area contributed by atoms with Gasteiger partial charge in [-0.15, -0.1) is 0 Å². The fourth-order valence-corrected chi connectivity index (χ4v) is 3.76. The van der Waals surface area contributed by atoms with E-state index < -0.39 is 0 Å². The van der Waals surface area contributed by atoms with E-state index in [1.54, 1.807) is 0 Å². The van der Waals surface area contributed by atoms with Gasteiger partial charge < -0.3 is 4.74 Å². The Morgan fingerprint density at radius 2 is 2.11 bits per heavy atom. The summed E-state index contributed by atoms with van der Waals surface area (Å²) in [4.78, 5) is 0. The van der Waals surface area contributed by atoms with E-state index in [0.29, 0.717) is 6.61 Å². The van der Waals surface area contributed by atoms with Crippen LogP contribution in [0.25, 0.3) is 0 Å². The Hall–Kier alpha value is 0.200. The first-order chi connectivity index (χ1) is 8.63. The summed E-state index contributed by atoms with van der Waals surface area (Å²) >= 11 is 8.36. The van der Waals surface area contributed by atoms with Crippen molar-refractivity contribution in [1.82, 2.24) is 0 Å². The van der Waals surface area contributed by atoms with Crippen molar-refractivity contribution in [2.24, 2.45) is 5.92 Å². The molecule has 3 heteroatoms. The first-order valence-corrected chi connectivity index (χ1v) is 8.48. The lowest BCUT2D eigenvalue weighted by molar-refractivity contribution is -0.0717. The molecule has 1 fully saturated rings. The summed E-state index contributed by atoms with van der Waals surface area (Å²) in [5, 5.41) is 0.786. The van der Waals surface area contributed by atoms with E-state index in [-0.39, 0.29) is 5.60 Å². The fourth-order valence-electron chi connectivity index (χ4n) is 2.72. The molecular weight excluding hydrogens is 359 g/mol. The largest absolute Gasteiger partial charge is 0.370 e. The molecule has 0 aromatic heterocycles. The average molecular weight is 379 g/mol. The molecule has 0 bridgehead atoms. The summed E-state index contributed by atoms with van der Waals surface area (Å²) in [6, 6.07) is 7.96. The molecule has 0 heterocycles. The van der Waals surface area contributed by atoms with E-state index in [1.807, 2.05) is 12.1 Å². The van der Waals surface area contributed by atoms with Crippen LogP contribution >= 0.6 is 34.2 Å². The van der Waals surface area contributed by atoms with Crippen molar-refractivity contribution in [2.45, 2.75) is 44.8 Å². The molecule has 0 N–H and O–H groups in total. The van der Waals surface area contributed by atoms with Crippen LogP contribution in [-0.4, -0.2) is 10.0 Å². The van der Waals surface area contributed by atoms with Crippen molar-refractivity contribution in [3.05, 3.63) is 34.9 Å². The van der Waals surface area contributed by atoms with E-state index in [1.165, 1.54) is 31.2 Å². The van der Waals surface area contributed by atoms with Gasteiger partial charge in [0.1, 0.15) is 0 Å². The predicted octanol–water partition coefficient (Wildman–Crippen LogP) is 5.24. The predicted molar refractivity (Wildman–Crippen MR) is 85.5 cm³/mol. The van der Waals surface area contributed by atoms with Crippen LogP contribution in [0.4, 0.5) is 0 Å². The number of rotatable bonds is 4. The lowest BCUT2D eigenvalue weighted by atomic mass is 9.80. The fraction of sp³-hybridized carbons (Fsp3) is 0.600. The lowest BCUT2D eigenvalue weighted by Gasteiger charge is -2.38. The van der Waals surface area contributed by atoms with Gasteiger partial charge in [0, 0.05) is 9.45 Å². The van der Waals surface area contributed by atoms with E-state index in [9.17, 15) is 0 Å². The SMILES string of the molecule is CC1CCCC(CI)(OCc2ccc(Cl)cc2)C1. The number of ether oxygens (including phenoxy) is 1. The Kier molecular flexibility index (Phi) is 5.34. The van der Waals surface area contributed by atoms with Crippen molar-refractivity contribution < 1.29 is 4.74 Å². The molecule has 1 aliphatic rings. The Bertz CT molecular complexity index is 379. The van der Waals surface area contributed by atoms with Crippen molar-refractivity contribution in [1.29, 1.82) is 0 Å². The Morgan fingerprint density at radius 1 is 1.39 bits per heavy atom. The zero-order valence-electron chi connectivity index (χ0n) is 10.8. The summed E-state index contributed by atoms with van der Waals surface area (Å²) in [5.41, 5.74) is 1.31. The van der Waals surface area contributed by atoms with E-state index in [2.05, 4.69) is 41.6 Å². The smallest absolute Gasteiger partial charge is 0.0778 e. The third kappa shape index (κ3) is 3.84. The maximum Gasteiger partial charge on any atom is 0.0778 e. The van der Waals surface area contributed by atoms with Gasteiger partial charge in [-0.1, -0.05) is 66.1 Å². The topological polar surface area (TPSA) is 9.23 Å². The highest BCUT2D eigenvalue weighted by Gasteiger charge is 2.34. The number of alkyl halides is 1. The molecule has 1 saturated carbocycles. The minimum absolute atomic E-state index is 0.0951. The summed E-state index contributed by atoms with van der Waals surface area (Å²) < 4.78 is 7.35. The summed E-state index contributed by atoms with van der Waals surface area (Å²) in [5.74, 6) is 0.790. The van der Waals surface area contributed by atoms with Crippen molar-refractivity contribution >= 4 is 34.2 Å². The highest BCUT2D eigenvalue weighted by Crippen LogP contribution is 2.37. The van der Waals surface area contributed by atoms with Gasteiger partial charge in [-0.2, -0.15) is 0 Å². The highest BCUT2D eigenvalue weighted by molar-refractivity contribution is 14.1. The molecule has 1 aromatic rings. The molecule has 1 nitrogen and oxygen atoms in total. The molecule has 0 aliphatic heterocycles. The zero-order chi connectivity index (χ0) is 13.0. The van der Waals surface area contributed by atoms with Crippen molar-refractivity contribution in [2.75, 3.05) is 4.43 Å². The van der Waals surface area contributed by atoms with Gasteiger partial charge in [0.05, 0.1) is 12.2 Å². The van der Waals surface area contributed by atoms with Crippen molar-refractivity contribution in [3.8, 4) is 0 Å². The van der Waals surface area contributed by atoms with Crippen LogP contribution in [-0.2, 0) is 11.3 Å². The van der Waals surface area contributed by atoms with Crippen LogP contribution in [0.1, 0.15) is 38.2 Å². The first kappa shape index (κ1) is 14.6. The van der Waals surface area contributed by atoms with Gasteiger partial charge in [-0.25, -0.2) is 0 Å². The third-order valence-corrected chi connectivity index (χ3v) is 5.39. The molecule has 2 unspecified atom stereocenters. The second-order valence-corrected chi connectivity index (χ2v) is 6.63. The lowest BCUT2D eigenvalue weighted by Crippen LogP contribution is -2.39. The number of hydrogen-bond acceptors (Lipinski definition) is 1.